The summed E-state index contributed by atoms with van der Waals surface area (Å²) in [5.41, 5.74) is 1.96. The van der Waals surface area contributed by atoms with E-state index < -0.39 is 11.9 Å². The lowest BCUT2D eigenvalue weighted by atomic mass is 9.98. The van der Waals surface area contributed by atoms with Crippen molar-refractivity contribution in [3.8, 4) is 5.75 Å². The first kappa shape index (κ1) is 21.4. The predicted octanol–water partition coefficient (Wildman–Crippen LogP) is 5.80. The number of hydrogen-bond acceptors (Lipinski definition) is 5. The third kappa shape index (κ3) is 3.72. The van der Waals surface area contributed by atoms with Crippen LogP contribution < -0.4 is 15.1 Å². The Balaban J connectivity index is 1.77. The highest BCUT2D eigenvalue weighted by Gasteiger charge is 2.44. The highest BCUT2D eigenvalue weighted by atomic mass is 79.9. The van der Waals surface area contributed by atoms with Crippen LogP contribution in [0.4, 0.5) is 5.82 Å². The summed E-state index contributed by atoms with van der Waals surface area (Å²) in [6, 6.07) is 17.5. The molecule has 33 heavy (non-hydrogen) atoms. The normalized spacial score (nSPS) is 15.2. The van der Waals surface area contributed by atoms with E-state index >= 15 is 0 Å². The molecule has 0 saturated heterocycles. The zero-order valence-electron chi connectivity index (χ0n) is 18.2. The molecule has 6 nitrogen and oxygen atoms in total. The van der Waals surface area contributed by atoms with Crippen LogP contribution >= 0.6 is 15.9 Å². The molecule has 3 heterocycles. The summed E-state index contributed by atoms with van der Waals surface area (Å²) < 4.78 is 12.6. The van der Waals surface area contributed by atoms with Gasteiger partial charge in [0, 0.05) is 10.2 Å². The van der Waals surface area contributed by atoms with E-state index in [1.54, 1.807) is 24.3 Å². The second kappa shape index (κ2) is 8.48. The van der Waals surface area contributed by atoms with Crippen molar-refractivity contribution in [2.75, 3.05) is 11.5 Å². The lowest BCUT2D eigenvalue weighted by Gasteiger charge is -2.24. The van der Waals surface area contributed by atoms with E-state index in [1.165, 1.54) is 4.90 Å². The molecule has 0 radical (unpaired) electrons. The van der Waals surface area contributed by atoms with Crippen molar-refractivity contribution in [2.24, 2.45) is 0 Å². The number of ether oxygens (including phenoxy) is 1. The van der Waals surface area contributed by atoms with Gasteiger partial charge in [-0.1, -0.05) is 41.1 Å². The van der Waals surface area contributed by atoms with Crippen LogP contribution in [0.3, 0.4) is 0 Å². The Labute approximate surface area is 198 Å². The number of rotatable bonds is 5. The van der Waals surface area contributed by atoms with Gasteiger partial charge in [-0.3, -0.25) is 14.5 Å². The maximum Gasteiger partial charge on any atom is 0.296 e. The number of halogens is 1. The van der Waals surface area contributed by atoms with Gasteiger partial charge in [-0.15, -0.1) is 0 Å². The Morgan fingerprint density at radius 2 is 1.91 bits per heavy atom. The monoisotopic (exact) mass is 504 g/mol. The van der Waals surface area contributed by atoms with Gasteiger partial charge < -0.3 is 9.15 Å². The van der Waals surface area contributed by atoms with Crippen LogP contribution in [-0.2, 0) is 0 Å². The summed E-state index contributed by atoms with van der Waals surface area (Å²) in [6.07, 6.45) is 0.874. The minimum atomic E-state index is -0.688. The number of benzene rings is 2. The molecule has 166 valence electrons. The van der Waals surface area contributed by atoms with Gasteiger partial charge in [-0.25, -0.2) is 4.98 Å². The average Bonchev–Trinajstić information content (AvgIpc) is 3.11. The first-order valence-corrected chi connectivity index (χ1v) is 11.5. The summed E-state index contributed by atoms with van der Waals surface area (Å²) in [5.74, 6) is 0.791. The summed E-state index contributed by atoms with van der Waals surface area (Å²) in [5, 5.41) is 0.415. The molecule has 0 fully saturated rings. The second-order valence-corrected chi connectivity index (χ2v) is 8.87. The van der Waals surface area contributed by atoms with E-state index in [-0.39, 0.29) is 11.2 Å². The molecule has 0 bridgehead atoms. The minimum absolute atomic E-state index is 0.0445. The smallest absolute Gasteiger partial charge is 0.296 e. The van der Waals surface area contributed by atoms with Crippen molar-refractivity contribution >= 4 is 38.6 Å². The van der Waals surface area contributed by atoms with Crippen molar-refractivity contribution in [3.63, 3.8) is 0 Å². The maximum atomic E-state index is 13.7. The largest absolute Gasteiger partial charge is 0.494 e. The summed E-state index contributed by atoms with van der Waals surface area (Å²) in [4.78, 5) is 33.4. The molecule has 0 aliphatic carbocycles. The van der Waals surface area contributed by atoms with E-state index in [0.29, 0.717) is 34.7 Å². The molecular formula is C26H21BrN2O4. The fourth-order valence-electron chi connectivity index (χ4n) is 4.15. The van der Waals surface area contributed by atoms with Crippen LogP contribution in [0.25, 0.3) is 11.0 Å². The zero-order chi connectivity index (χ0) is 23.1. The SMILES string of the molecule is CCCOc1cccc(C2c3c(oc4ccc(Br)cc4c3=O)C(=O)N2c2cccc(C)n2)c1. The van der Waals surface area contributed by atoms with Gasteiger partial charge in [-0.2, -0.15) is 0 Å². The van der Waals surface area contributed by atoms with Gasteiger partial charge in [0.15, 0.2) is 5.43 Å². The molecule has 7 heteroatoms. The molecule has 4 aromatic rings. The van der Waals surface area contributed by atoms with Gasteiger partial charge in [0.05, 0.1) is 23.6 Å². The molecule has 2 aromatic carbocycles. The predicted molar refractivity (Wildman–Crippen MR) is 130 cm³/mol. The van der Waals surface area contributed by atoms with Crippen LogP contribution in [0.2, 0.25) is 0 Å². The first-order chi connectivity index (χ1) is 16.0. The maximum absolute atomic E-state index is 13.7. The average molecular weight is 505 g/mol. The Hall–Kier alpha value is -3.45. The van der Waals surface area contributed by atoms with Crippen LogP contribution in [0, 0.1) is 6.92 Å². The van der Waals surface area contributed by atoms with E-state index in [9.17, 15) is 9.59 Å². The number of anilines is 1. The number of aromatic nitrogens is 1. The highest BCUT2D eigenvalue weighted by Crippen LogP contribution is 2.41. The molecule has 1 amide bonds. The summed E-state index contributed by atoms with van der Waals surface area (Å²) in [7, 11) is 0. The fourth-order valence-corrected chi connectivity index (χ4v) is 4.52. The summed E-state index contributed by atoms with van der Waals surface area (Å²) >= 11 is 3.42. The molecule has 0 N–H and O–H groups in total. The molecule has 0 spiro atoms. The molecule has 1 aliphatic heterocycles. The number of amides is 1. The number of carbonyl (C=O) groups excluding carboxylic acids is 1. The number of hydrogen-bond donors (Lipinski definition) is 0. The Morgan fingerprint density at radius 1 is 1.09 bits per heavy atom. The first-order valence-electron chi connectivity index (χ1n) is 10.7. The van der Waals surface area contributed by atoms with Crippen molar-refractivity contribution < 1.29 is 13.9 Å². The number of aryl methyl sites for hydroxylation is 1. The number of nitrogens with zero attached hydrogens (tertiary/aromatic N) is 2. The third-order valence-electron chi connectivity index (χ3n) is 5.60. The lowest BCUT2D eigenvalue weighted by molar-refractivity contribution is 0.0970. The fraction of sp³-hybridized carbons (Fsp3) is 0.192. The van der Waals surface area contributed by atoms with Crippen molar-refractivity contribution in [2.45, 2.75) is 26.3 Å². The van der Waals surface area contributed by atoms with Crippen LogP contribution in [-0.4, -0.2) is 17.5 Å². The zero-order valence-corrected chi connectivity index (χ0v) is 19.8. The molecule has 2 aromatic heterocycles. The van der Waals surface area contributed by atoms with Crippen molar-refractivity contribution in [3.05, 3.63) is 97.9 Å². The number of pyridine rings is 1. The van der Waals surface area contributed by atoms with Gasteiger partial charge in [0.1, 0.15) is 17.2 Å². The van der Waals surface area contributed by atoms with Gasteiger partial charge in [-0.05, 0) is 61.4 Å². The Kier molecular flexibility index (Phi) is 5.50. The topological polar surface area (TPSA) is 72.6 Å². The number of fused-ring (bicyclic) bond motifs is 2. The van der Waals surface area contributed by atoms with E-state index in [4.69, 9.17) is 9.15 Å². The standard InChI is InChI=1S/C26H21BrN2O4/c1-3-12-32-18-8-5-7-16(13-18)23-22-24(30)19-14-17(27)10-11-20(19)33-25(22)26(31)29(23)21-9-4-6-15(2)28-21/h4-11,13-14,23H,3,12H2,1-2H3. The molecule has 1 atom stereocenters. The summed E-state index contributed by atoms with van der Waals surface area (Å²) in [6.45, 7) is 4.48. The quantitative estimate of drug-likeness (QED) is 0.343. The number of carbonyl (C=O) groups is 1. The Morgan fingerprint density at radius 3 is 2.70 bits per heavy atom. The third-order valence-corrected chi connectivity index (χ3v) is 6.09. The van der Waals surface area contributed by atoms with Crippen molar-refractivity contribution in [1.29, 1.82) is 0 Å². The van der Waals surface area contributed by atoms with Gasteiger partial charge in [0.25, 0.3) is 5.91 Å². The molecule has 5 rings (SSSR count). The van der Waals surface area contributed by atoms with Gasteiger partial charge in [0.2, 0.25) is 5.76 Å². The van der Waals surface area contributed by atoms with E-state index in [2.05, 4.69) is 20.9 Å². The molecular weight excluding hydrogens is 484 g/mol. The minimum Gasteiger partial charge on any atom is -0.494 e. The van der Waals surface area contributed by atoms with E-state index in [1.807, 2.05) is 50.2 Å². The molecule has 1 unspecified atom stereocenters. The van der Waals surface area contributed by atoms with Crippen LogP contribution in [0.15, 0.2) is 74.3 Å². The van der Waals surface area contributed by atoms with Crippen LogP contribution in [0.1, 0.15) is 46.8 Å². The molecule has 1 aliphatic rings. The lowest BCUT2D eigenvalue weighted by Crippen LogP contribution is -2.30. The van der Waals surface area contributed by atoms with Crippen LogP contribution in [0.5, 0.6) is 5.75 Å². The second-order valence-electron chi connectivity index (χ2n) is 7.95. The Bertz CT molecular complexity index is 1450. The van der Waals surface area contributed by atoms with Gasteiger partial charge >= 0.3 is 0 Å². The molecule has 0 saturated carbocycles. The van der Waals surface area contributed by atoms with Crippen molar-refractivity contribution in [1.82, 2.24) is 4.98 Å². The van der Waals surface area contributed by atoms with E-state index in [0.717, 1.165) is 22.2 Å². The highest BCUT2D eigenvalue weighted by molar-refractivity contribution is 9.10.